The van der Waals surface area contributed by atoms with Crippen molar-refractivity contribution in [2.45, 2.75) is 24.3 Å². The summed E-state index contributed by atoms with van der Waals surface area (Å²) in [4.78, 5) is 15.5. The molecular formula is C13H14N2O2S. The van der Waals surface area contributed by atoms with Crippen molar-refractivity contribution < 1.29 is 9.53 Å². The highest BCUT2D eigenvalue weighted by molar-refractivity contribution is 7.99. The van der Waals surface area contributed by atoms with Crippen LogP contribution < -0.4 is 0 Å². The molecule has 1 aliphatic rings. The Hall–Kier alpha value is -1.54. The lowest BCUT2D eigenvalue weighted by molar-refractivity contribution is -0.141. The van der Waals surface area contributed by atoms with Gasteiger partial charge in [-0.05, 0) is 30.4 Å². The average molecular weight is 262 g/mol. The van der Waals surface area contributed by atoms with Crippen LogP contribution >= 0.6 is 11.8 Å². The Labute approximate surface area is 110 Å². The van der Waals surface area contributed by atoms with Crippen molar-refractivity contribution in [2.75, 3.05) is 12.9 Å². The maximum Gasteiger partial charge on any atom is 0.306 e. The molecule has 94 valence electrons. The SMILES string of the molecule is COC(=O)CC1(CSc2cc(C#N)ccn2)CC1. The van der Waals surface area contributed by atoms with Crippen LogP contribution in [-0.2, 0) is 9.53 Å². The zero-order valence-electron chi connectivity index (χ0n) is 10.2. The molecule has 0 aromatic carbocycles. The second-order valence-electron chi connectivity index (χ2n) is 4.54. The van der Waals surface area contributed by atoms with Gasteiger partial charge >= 0.3 is 5.97 Å². The third-order valence-electron chi connectivity index (χ3n) is 3.09. The molecule has 1 aromatic heterocycles. The Kier molecular flexibility index (Phi) is 3.87. The second-order valence-corrected chi connectivity index (χ2v) is 5.53. The zero-order valence-corrected chi connectivity index (χ0v) is 11.0. The number of nitrogens with zero attached hydrogens (tertiary/aromatic N) is 2. The number of ether oxygens (including phenoxy) is 1. The van der Waals surface area contributed by atoms with Crippen molar-refractivity contribution in [3.63, 3.8) is 0 Å². The lowest BCUT2D eigenvalue weighted by atomic mass is 10.1. The number of hydrogen-bond acceptors (Lipinski definition) is 5. The van der Waals surface area contributed by atoms with Crippen molar-refractivity contribution in [3.8, 4) is 6.07 Å². The fraction of sp³-hybridized carbons (Fsp3) is 0.462. The normalized spacial score (nSPS) is 15.8. The minimum Gasteiger partial charge on any atom is -0.469 e. The maximum atomic E-state index is 11.3. The van der Waals surface area contributed by atoms with E-state index in [0.717, 1.165) is 23.6 Å². The van der Waals surface area contributed by atoms with Crippen molar-refractivity contribution in [3.05, 3.63) is 23.9 Å². The molecule has 1 fully saturated rings. The summed E-state index contributed by atoms with van der Waals surface area (Å²) in [6.45, 7) is 0. The summed E-state index contributed by atoms with van der Waals surface area (Å²) in [5.41, 5.74) is 0.701. The fourth-order valence-corrected chi connectivity index (χ4v) is 2.90. The third kappa shape index (κ3) is 3.23. The van der Waals surface area contributed by atoms with Gasteiger partial charge in [-0.25, -0.2) is 4.98 Å². The molecule has 0 N–H and O–H groups in total. The van der Waals surface area contributed by atoms with Crippen molar-refractivity contribution in [1.29, 1.82) is 5.26 Å². The molecule has 2 rings (SSSR count). The maximum absolute atomic E-state index is 11.3. The van der Waals surface area contributed by atoms with Crippen molar-refractivity contribution in [1.82, 2.24) is 4.98 Å². The van der Waals surface area contributed by atoms with E-state index >= 15 is 0 Å². The predicted octanol–water partition coefficient (Wildman–Crippen LogP) is 2.39. The van der Waals surface area contributed by atoms with Crippen molar-refractivity contribution in [2.24, 2.45) is 5.41 Å². The van der Waals surface area contributed by atoms with E-state index in [0.29, 0.717) is 12.0 Å². The number of pyridine rings is 1. The summed E-state index contributed by atoms with van der Waals surface area (Å²) < 4.78 is 4.71. The molecule has 0 bridgehead atoms. The Morgan fingerprint density at radius 2 is 2.44 bits per heavy atom. The molecule has 5 heteroatoms. The molecule has 0 saturated heterocycles. The Morgan fingerprint density at radius 3 is 3.06 bits per heavy atom. The highest BCUT2D eigenvalue weighted by atomic mass is 32.2. The van der Waals surface area contributed by atoms with Crippen LogP contribution in [0.4, 0.5) is 0 Å². The molecular weight excluding hydrogens is 248 g/mol. The molecule has 0 atom stereocenters. The zero-order chi connectivity index (χ0) is 13.0. The number of nitriles is 1. The van der Waals surface area contributed by atoms with Crippen molar-refractivity contribution >= 4 is 17.7 Å². The van der Waals surface area contributed by atoms with E-state index in [9.17, 15) is 4.79 Å². The lowest BCUT2D eigenvalue weighted by Gasteiger charge is -2.12. The number of hydrogen-bond donors (Lipinski definition) is 0. The number of carbonyl (C=O) groups excluding carboxylic acids is 1. The van der Waals surface area contributed by atoms with E-state index in [-0.39, 0.29) is 11.4 Å². The monoisotopic (exact) mass is 262 g/mol. The summed E-state index contributed by atoms with van der Waals surface area (Å²) in [5.74, 6) is 0.705. The highest BCUT2D eigenvalue weighted by Crippen LogP contribution is 2.51. The first-order valence-corrected chi connectivity index (χ1v) is 6.72. The van der Waals surface area contributed by atoms with Gasteiger partial charge in [-0.15, -0.1) is 11.8 Å². The molecule has 1 saturated carbocycles. The van der Waals surface area contributed by atoms with E-state index in [1.54, 1.807) is 30.1 Å². The van der Waals surface area contributed by atoms with E-state index in [1.807, 2.05) is 0 Å². The van der Waals surface area contributed by atoms with Crippen LogP contribution in [-0.4, -0.2) is 23.8 Å². The third-order valence-corrected chi connectivity index (χ3v) is 4.37. The summed E-state index contributed by atoms with van der Waals surface area (Å²) in [6, 6.07) is 5.56. The quantitative estimate of drug-likeness (QED) is 0.602. The predicted molar refractivity (Wildman–Crippen MR) is 68.0 cm³/mol. The summed E-state index contributed by atoms with van der Waals surface area (Å²) in [6.07, 6.45) is 4.25. The van der Waals surface area contributed by atoms with E-state index < -0.39 is 0 Å². The van der Waals surface area contributed by atoms with Crippen LogP contribution in [0.1, 0.15) is 24.8 Å². The molecule has 0 amide bonds. The Bertz CT molecular complexity index is 492. The van der Waals surface area contributed by atoms with E-state index in [1.165, 1.54) is 7.11 Å². The van der Waals surface area contributed by atoms with Gasteiger partial charge in [0.2, 0.25) is 0 Å². The Balaban J connectivity index is 1.91. The number of methoxy groups -OCH3 is 1. The molecule has 0 spiro atoms. The standard InChI is InChI=1S/C13H14N2O2S/c1-17-12(16)7-13(3-4-13)9-18-11-6-10(8-14)2-5-15-11/h2,5-6H,3-4,7,9H2,1H3. The smallest absolute Gasteiger partial charge is 0.306 e. The molecule has 1 aromatic rings. The number of carbonyl (C=O) groups is 1. The highest BCUT2D eigenvalue weighted by Gasteiger charge is 2.44. The largest absolute Gasteiger partial charge is 0.469 e. The molecule has 1 aliphatic carbocycles. The number of rotatable bonds is 5. The van der Waals surface area contributed by atoms with Gasteiger partial charge in [0.15, 0.2) is 0 Å². The number of thioether (sulfide) groups is 1. The minimum atomic E-state index is -0.146. The van der Waals surface area contributed by atoms with Crippen LogP contribution in [0, 0.1) is 16.7 Å². The molecule has 18 heavy (non-hydrogen) atoms. The first-order valence-electron chi connectivity index (χ1n) is 5.73. The molecule has 0 radical (unpaired) electrons. The summed E-state index contributed by atoms with van der Waals surface area (Å²) in [5, 5.41) is 9.64. The van der Waals surface area contributed by atoms with Crippen LogP contribution in [0.3, 0.4) is 0 Å². The fourth-order valence-electron chi connectivity index (χ4n) is 1.71. The second kappa shape index (κ2) is 5.40. The van der Waals surface area contributed by atoms with Gasteiger partial charge < -0.3 is 4.74 Å². The van der Waals surface area contributed by atoms with E-state index in [4.69, 9.17) is 10.00 Å². The first kappa shape index (κ1) is 12.9. The van der Waals surface area contributed by atoms with E-state index in [2.05, 4.69) is 11.1 Å². The van der Waals surface area contributed by atoms with Gasteiger partial charge in [0, 0.05) is 11.9 Å². The molecule has 4 nitrogen and oxygen atoms in total. The average Bonchev–Trinajstić information content (AvgIpc) is 3.17. The molecule has 0 aliphatic heterocycles. The van der Waals surface area contributed by atoms with Crippen LogP contribution in [0.5, 0.6) is 0 Å². The van der Waals surface area contributed by atoms with Gasteiger partial charge in [0.1, 0.15) is 0 Å². The van der Waals surface area contributed by atoms with Gasteiger partial charge in [-0.1, -0.05) is 0 Å². The van der Waals surface area contributed by atoms with Crippen LogP contribution in [0.15, 0.2) is 23.4 Å². The number of aromatic nitrogens is 1. The minimum absolute atomic E-state index is 0.0854. The van der Waals surface area contributed by atoms with Gasteiger partial charge in [0.25, 0.3) is 0 Å². The molecule has 0 unspecified atom stereocenters. The topological polar surface area (TPSA) is 63.0 Å². The first-order chi connectivity index (χ1) is 8.67. The summed E-state index contributed by atoms with van der Waals surface area (Å²) in [7, 11) is 1.42. The van der Waals surface area contributed by atoms with Gasteiger partial charge in [-0.3, -0.25) is 4.79 Å². The molecule has 1 heterocycles. The Morgan fingerprint density at radius 1 is 1.67 bits per heavy atom. The van der Waals surface area contributed by atoms with Gasteiger partial charge in [-0.2, -0.15) is 5.26 Å². The van der Waals surface area contributed by atoms with Crippen LogP contribution in [0.25, 0.3) is 0 Å². The number of esters is 1. The van der Waals surface area contributed by atoms with Gasteiger partial charge in [0.05, 0.1) is 30.2 Å². The lowest BCUT2D eigenvalue weighted by Crippen LogP contribution is -2.13. The van der Waals surface area contributed by atoms with Crippen LogP contribution in [0.2, 0.25) is 0 Å². The summed E-state index contributed by atoms with van der Waals surface area (Å²) >= 11 is 1.60.